The minimum Gasteiger partial charge on any atom is -0.309 e. The van der Waals surface area contributed by atoms with E-state index in [9.17, 15) is 10.1 Å². The molecule has 1 fully saturated rings. The summed E-state index contributed by atoms with van der Waals surface area (Å²) in [6.45, 7) is 1.97. The summed E-state index contributed by atoms with van der Waals surface area (Å²) in [5.74, 6) is 2.04. The molecule has 2 unspecified atom stereocenters. The van der Waals surface area contributed by atoms with E-state index in [4.69, 9.17) is 0 Å². The van der Waals surface area contributed by atoms with E-state index >= 15 is 0 Å². The summed E-state index contributed by atoms with van der Waals surface area (Å²) in [6.07, 6.45) is -0.181. The SMILES string of the molecule is CC1CSCC1O[N+](=O)[O-]. The zero-order chi connectivity index (χ0) is 7.56. The van der Waals surface area contributed by atoms with Gasteiger partial charge in [0.25, 0.3) is 5.09 Å². The van der Waals surface area contributed by atoms with Crippen molar-refractivity contribution < 1.29 is 9.92 Å². The highest BCUT2D eigenvalue weighted by molar-refractivity contribution is 7.99. The number of rotatable bonds is 2. The number of nitrogens with zero attached hydrogens (tertiary/aromatic N) is 1. The molecule has 0 saturated carbocycles. The zero-order valence-electron chi connectivity index (χ0n) is 5.65. The fourth-order valence-corrected chi connectivity index (χ4v) is 2.23. The Balaban J connectivity index is 2.33. The van der Waals surface area contributed by atoms with Crippen LogP contribution in [0.5, 0.6) is 0 Å². The van der Waals surface area contributed by atoms with Crippen molar-refractivity contribution in [3.8, 4) is 0 Å². The quantitative estimate of drug-likeness (QED) is 0.449. The monoisotopic (exact) mass is 163 g/mol. The first kappa shape index (κ1) is 7.65. The van der Waals surface area contributed by atoms with Crippen LogP contribution in [-0.2, 0) is 4.84 Å². The van der Waals surface area contributed by atoms with Gasteiger partial charge < -0.3 is 4.84 Å². The van der Waals surface area contributed by atoms with Crippen LogP contribution in [0.25, 0.3) is 0 Å². The lowest BCUT2D eigenvalue weighted by atomic mass is 10.1. The van der Waals surface area contributed by atoms with E-state index in [1.807, 2.05) is 6.92 Å². The van der Waals surface area contributed by atoms with E-state index in [2.05, 4.69) is 4.84 Å². The number of hydrogen-bond donors (Lipinski definition) is 0. The van der Waals surface area contributed by atoms with Gasteiger partial charge in [-0.25, -0.2) is 0 Å². The van der Waals surface area contributed by atoms with Crippen molar-refractivity contribution in [3.63, 3.8) is 0 Å². The topological polar surface area (TPSA) is 52.4 Å². The summed E-state index contributed by atoms with van der Waals surface area (Å²) < 4.78 is 0. The van der Waals surface area contributed by atoms with Crippen molar-refractivity contribution in [2.24, 2.45) is 5.92 Å². The molecule has 1 aliphatic rings. The molecule has 0 radical (unpaired) electrons. The minimum atomic E-state index is -0.701. The Hall–Kier alpha value is -0.450. The average Bonchev–Trinajstić information content (AvgIpc) is 2.15. The van der Waals surface area contributed by atoms with Gasteiger partial charge >= 0.3 is 0 Å². The Bertz CT molecular complexity index is 141. The van der Waals surface area contributed by atoms with Crippen molar-refractivity contribution in [3.05, 3.63) is 10.1 Å². The third kappa shape index (κ3) is 1.76. The summed E-state index contributed by atoms with van der Waals surface area (Å²) in [5.41, 5.74) is 0. The van der Waals surface area contributed by atoms with Gasteiger partial charge in [-0.3, -0.25) is 0 Å². The lowest BCUT2D eigenvalue weighted by Crippen LogP contribution is -2.22. The van der Waals surface area contributed by atoms with Gasteiger partial charge in [0.05, 0.1) is 0 Å². The summed E-state index contributed by atoms with van der Waals surface area (Å²) in [6, 6.07) is 0. The fraction of sp³-hybridized carbons (Fsp3) is 1.00. The summed E-state index contributed by atoms with van der Waals surface area (Å²) in [7, 11) is 0. The summed E-state index contributed by atoms with van der Waals surface area (Å²) in [4.78, 5) is 14.3. The van der Waals surface area contributed by atoms with Gasteiger partial charge in [-0.15, -0.1) is 10.1 Å². The highest BCUT2D eigenvalue weighted by Gasteiger charge is 2.26. The number of thioether (sulfide) groups is 1. The van der Waals surface area contributed by atoms with E-state index < -0.39 is 5.09 Å². The average molecular weight is 163 g/mol. The second-order valence-corrected chi connectivity index (χ2v) is 3.46. The molecule has 1 aliphatic heterocycles. The number of hydrogen-bond acceptors (Lipinski definition) is 4. The van der Waals surface area contributed by atoms with Crippen LogP contribution in [-0.4, -0.2) is 22.7 Å². The van der Waals surface area contributed by atoms with Gasteiger partial charge in [-0.05, 0) is 11.7 Å². The van der Waals surface area contributed by atoms with E-state index in [0.29, 0.717) is 5.92 Å². The van der Waals surface area contributed by atoms with Crippen LogP contribution >= 0.6 is 11.8 Å². The predicted molar refractivity (Wildman–Crippen MR) is 38.4 cm³/mol. The van der Waals surface area contributed by atoms with Crippen molar-refractivity contribution in [1.29, 1.82) is 0 Å². The molecule has 0 bridgehead atoms. The molecular weight excluding hydrogens is 154 g/mol. The Kier molecular flexibility index (Phi) is 2.37. The van der Waals surface area contributed by atoms with Gasteiger partial charge in [0, 0.05) is 5.75 Å². The van der Waals surface area contributed by atoms with Crippen LogP contribution < -0.4 is 0 Å². The van der Waals surface area contributed by atoms with E-state index in [0.717, 1.165) is 11.5 Å². The molecule has 0 amide bonds. The normalized spacial score (nSPS) is 32.1. The smallest absolute Gasteiger partial charge is 0.294 e. The van der Waals surface area contributed by atoms with Gasteiger partial charge in [-0.2, -0.15) is 11.8 Å². The first-order valence-electron chi connectivity index (χ1n) is 3.09. The molecule has 4 nitrogen and oxygen atoms in total. The van der Waals surface area contributed by atoms with Crippen LogP contribution in [0.15, 0.2) is 0 Å². The van der Waals surface area contributed by atoms with Gasteiger partial charge in [0.15, 0.2) is 0 Å². The highest BCUT2D eigenvalue weighted by Crippen LogP contribution is 2.25. The van der Waals surface area contributed by atoms with Crippen LogP contribution in [0.2, 0.25) is 0 Å². The first-order valence-corrected chi connectivity index (χ1v) is 4.24. The van der Waals surface area contributed by atoms with Gasteiger partial charge in [0.2, 0.25) is 0 Å². The van der Waals surface area contributed by atoms with Crippen LogP contribution in [0.1, 0.15) is 6.92 Å². The minimum absolute atomic E-state index is 0.181. The third-order valence-corrected chi connectivity index (χ3v) is 2.84. The molecule has 0 aromatic carbocycles. The molecule has 1 saturated heterocycles. The van der Waals surface area contributed by atoms with E-state index in [-0.39, 0.29) is 6.10 Å². The highest BCUT2D eigenvalue weighted by atomic mass is 32.2. The molecule has 1 heterocycles. The van der Waals surface area contributed by atoms with Crippen molar-refractivity contribution >= 4 is 11.8 Å². The first-order chi connectivity index (χ1) is 4.70. The Morgan fingerprint density at radius 1 is 1.70 bits per heavy atom. The maximum Gasteiger partial charge on any atom is 0.294 e. The summed E-state index contributed by atoms with van der Waals surface area (Å²) >= 11 is 1.70. The molecule has 0 spiro atoms. The molecule has 0 aromatic heterocycles. The zero-order valence-corrected chi connectivity index (χ0v) is 6.47. The lowest BCUT2D eigenvalue weighted by Gasteiger charge is -2.10. The second kappa shape index (κ2) is 3.09. The Morgan fingerprint density at radius 2 is 2.40 bits per heavy atom. The van der Waals surface area contributed by atoms with E-state index in [1.165, 1.54) is 0 Å². The van der Waals surface area contributed by atoms with Gasteiger partial charge in [-0.1, -0.05) is 6.92 Å². The summed E-state index contributed by atoms with van der Waals surface area (Å²) in [5, 5.41) is 9.17. The van der Waals surface area contributed by atoms with E-state index in [1.54, 1.807) is 11.8 Å². The Morgan fingerprint density at radius 3 is 2.80 bits per heavy atom. The molecule has 0 N–H and O–H groups in total. The molecule has 2 atom stereocenters. The van der Waals surface area contributed by atoms with Gasteiger partial charge in [0.1, 0.15) is 6.10 Å². The largest absolute Gasteiger partial charge is 0.309 e. The molecular formula is C5H9NO3S. The predicted octanol–water partition coefficient (Wildman–Crippen LogP) is 0.946. The maximum absolute atomic E-state index is 9.87. The van der Waals surface area contributed by atoms with Crippen molar-refractivity contribution in [2.45, 2.75) is 13.0 Å². The van der Waals surface area contributed by atoms with Crippen molar-refractivity contribution in [1.82, 2.24) is 0 Å². The lowest BCUT2D eigenvalue weighted by molar-refractivity contribution is -0.768. The maximum atomic E-state index is 9.87. The fourth-order valence-electron chi connectivity index (χ4n) is 0.887. The molecule has 5 heteroatoms. The Labute approximate surface area is 63.0 Å². The standard InChI is InChI=1S/C5H9NO3S/c1-4-2-10-3-5(4)9-6(7)8/h4-5H,2-3H2,1H3. The molecule has 0 aromatic rings. The van der Waals surface area contributed by atoms with Crippen LogP contribution in [0.3, 0.4) is 0 Å². The third-order valence-electron chi connectivity index (χ3n) is 1.52. The molecule has 0 aliphatic carbocycles. The molecule has 1 rings (SSSR count). The molecule has 10 heavy (non-hydrogen) atoms. The van der Waals surface area contributed by atoms with Crippen LogP contribution in [0, 0.1) is 16.0 Å². The molecule has 58 valence electrons. The van der Waals surface area contributed by atoms with Crippen molar-refractivity contribution in [2.75, 3.05) is 11.5 Å². The van der Waals surface area contributed by atoms with Crippen LogP contribution in [0.4, 0.5) is 0 Å². The second-order valence-electron chi connectivity index (χ2n) is 2.38.